The monoisotopic (exact) mass is 418 g/mol. The summed E-state index contributed by atoms with van der Waals surface area (Å²) < 4.78 is 17.1. The van der Waals surface area contributed by atoms with Crippen molar-refractivity contribution in [1.82, 2.24) is 9.47 Å². The van der Waals surface area contributed by atoms with E-state index in [1.54, 1.807) is 58.6 Å². The fourth-order valence-corrected chi connectivity index (χ4v) is 3.57. The Labute approximate surface area is 176 Å². The zero-order chi connectivity index (χ0) is 22.4. The molecule has 2 aromatic rings. The minimum absolute atomic E-state index is 0.167. The molecule has 8 heteroatoms. The van der Waals surface area contributed by atoms with Gasteiger partial charge in [0.05, 0.1) is 18.9 Å². The number of carbonyl (C=O) groups excluding carboxylic acids is 3. The van der Waals surface area contributed by atoms with Crippen LogP contribution in [0.4, 0.5) is 0 Å². The second kappa shape index (κ2) is 10.2. The predicted molar refractivity (Wildman–Crippen MR) is 111 cm³/mol. The van der Waals surface area contributed by atoms with E-state index < -0.39 is 12.0 Å². The Morgan fingerprint density at radius 3 is 2.53 bits per heavy atom. The molecule has 0 spiro atoms. The zero-order valence-corrected chi connectivity index (χ0v) is 18.5. The van der Waals surface area contributed by atoms with E-state index in [2.05, 4.69) is 0 Å². The molecule has 8 nitrogen and oxygen atoms in total. The average Bonchev–Trinajstić information content (AvgIpc) is 3.32. The van der Waals surface area contributed by atoms with Gasteiger partial charge in [-0.1, -0.05) is 0 Å². The topological polar surface area (TPSA) is 91.0 Å². The molecule has 0 aliphatic carbocycles. The smallest absolute Gasteiger partial charge is 0.355 e. The molecule has 30 heavy (non-hydrogen) atoms. The second-order valence-electron chi connectivity index (χ2n) is 7.08. The number of hydrogen-bond donors (Lipinski definition) is 0. The molecule has 0 aromatic carbocycles. The van der Waals surface area contributed by atoms with Crippen LogP contribution >= 0.6 is 0 Å². The lowest BCUT2D eigenvalue weighted by Gasteiger charge is -2.28. The highest BCUT2D eigenvalue weighted by atomic mass is 16.5. The van der Waals surface area contributed by atoms with E-state index in [0.717, 1.165) is 0 Å². The molecule has 0 saturated heterocycles. The number of methoxy groups -OCH3 is 1. The number of carbonyl (C=O) groups is 3. The highest BCUT2D eigenvalue weighted by Gasteiger charge is 2.33. The Morgan fingerprint density at radius 1 is 1.27 bits per heavy atom. The molecule has 2 rings (SSSR count). The van der Waals surface area contributed by atoms with Gasteiger partial charge < -0.3 is 23.4 Å². The minimum atomic E-state index is -0.755. The molecular weight excluding hydrogens is 388 g/mol. The van der Waals surface area contributed by atoms with Gasteiger partial charge in [0, 0.05) is 38.6 Å². The van der Waals surface area contributed by atoms with Crippen LogP contribution in [0.15, 0.2) is 22.8 Å². The number of Topliss-reactive ketones (excluding diaryl/α,β-unsaturated/α-hetero) is 1. The molecule has 1 atom stereocenters. The molecule has 1 amide bonds. The molecule has 1 unspecified atom stereocenters. The summed E-state index contributed by atoms with van der Waals surface area (Å²) in [4.78, 5) is 40.3. The summed E-state index contributed by atoms with van der Waals surface area (Å²) in [6, 6.07) is 2.44. The van der Waals surface area contributed by atoms with Gasteiger partial charge in [0.15, 0.2) is 11.5 Å². The van der Waals surface area contributed by atoms with Gasteiger partial charge >= 0.3 is 5.97 Å². The number of rotatable bonds is 10. The molecule has 0 saturated carbocycles. The standard InChI is InChI=1S/C22H30N2O6/c1-7-29-22(27)19-14(2)18(15(3)23(19)5)20(25)16(4)24(11-9-12-28-6)21(26)17-10-8-13-30-17/h8,10,13,16H,7,9,11-12H2,1-6H3. The SMILES string of the molecule is CCOC(=O)c1c(C)c(C(=O)C(C)N(CCCOC)C(=O)c2ccco2)c(C)n1C. The van der Waals surface area contributed by atoms with Gasteiger partial charge in [-0.3, -0.25) is 9.59 Å². The first-order chi connectivity index (χ1) is 14.3. The van der Waals surface area contributed by atoms with Crippen molar-refractivity contribution in [3.8, 4) is 0 Å². The quantitative estimate of drug-likeness (QED) is 0.334. The van der Waals surface area contributed by atoms with Gasteiger partial charge in [-0.05, 0) is 51.8 Å². The molecule has 0 N–H and O–H groups in total. The molecule has 2 heterocycles. The van der Waals surface area contributed by atoms with E-state index in [9.17, 15) is 14.4 Å². The largest absolute Gasteiger partial charge is 0.461 e. The highest BCUT2D eigenvalue weighted by Crippen LogP contribution is 2.25. The maximum Gasteiger partial charge on any atom is 0.355 e. The van der Waals surface area contributed by atoms with Crippen LogP contribution in [0, 0.1) is 13.8 Å². The van der Waals surface area contributed by atoms with Crippen LogP contribution in [0.2, 0.25) is 0 Å². The number of amides is 1. The highest BCUT2D eigenvalue weighted by molar-refractivity contribution is 6.07. The number of furan rings is 1. The second-order valence-corrected chi connectivity index (χ2v) is 7.08. The zero-order valence-electron chi connectivity index (χ0n) is 18.5. The Balaban J connectivity index is 2.40. The Hall–Kier alpha value is -2.87. The summed E-state index contributed by atoms with van der Waals surface area (Å²) in [6.07, 6.45) is 1.99. The summed E-state index contributed by atoms with van der Waals surface area (Å²) in [5, 5.41) is 0. The van der Waals surface area contributed by atoms with Crippen molar-refractivity contribution in [2.75, 3.05) is 26.9 Å². The first-order valence-corrected chi connectivity index (χ1v) is 9.96. The Kier molecular flexibility index (Phi) is 8.00. The van der Waals surface area contributed by atoms with E-state index >= 15 is 0 Å². The minimum Gasteiger partial charge on any atom is -0.461 e. The van der Waals surface area contributed by atoms with E-state index in [0.29, 0.717) is 42.1 Å². The van der Waals surface area contributed by atoms with Crippen molar-refractivity contribution in [3.63, 3.8) is 0 Å². The lowest BCUT2D eigenvalue weighted by atomic mass is 9.99. The lowest BCUT2D eigenvalue weighted by Crippen LogP contribution is -2.44. The lowest BCUT2D eigenvalue weighted by molar-refractivity contribution is 0.0513. The van der Waals surface area contributed by atoms with Gasteiger partial charge in [-0.25, -0.2) is 4.79 Å². The Bertz CT molecular complexity index is 897. The predicted octanol–water partition coefficient (Wildman–Crippen LogP) is 3.16. The van der Waals surface area contributed by atoms with E-state index in [1.165, 1.54) is 11.2 Å². The van der Waals surface area contributed by atoms with Crippen molar-refractivity contribution in [2.45, 2.75) is 40.2 Å². The fourth-order valence-electron chi connectivity index (χ4n) is 3.57. The summed E-state index contributed by atoms with van der Waals surface area (Å²) in [6.45, 7) is 7.95. The number of ether oxygens (including phenoxy) is 2. The fraction of sp³-hybridized carbons (Fsp3) is 0.500. The van der Waals surface area contributed by atoms with E-state index in [4.69, 9.17) is 13.9 Å². The van der Waals surface area contributed by atoms with Crippen molar-refractivity contribution in [3.05, 3.63) is 46.7 Å². The van der Waals surface area contributed by atoms with Crippen LogP contribution in [0.5, 0.6) is 0 Å². The van der Waals surface area contributed by atoms with Crippen LogP contribution in [0.1, 0.15) is 62.9 Å². The maximum atomic E-state index is 13.5. The molecule has 0 bridgehead atoms. The number of nitrogens with zero attached hydrogens (tertiary/aromatic N) is 2. The van der Waals surface area contributed by atoms with Gasteiger partial charge in [0.1, 0.15) is 5.69 Å². The summed E-state index contributed by atoms with van der Waals surface area (Å²) in [7, 11) is 3.31. The number of hydrogen-bond acceptors (Lipinski definition) is 6. The molecular formula is C22H30N2O6. The van der Waals surface area contributed by atoms with Crippen molar-refractivity contribution >= 4 is 17.7 Å². The third-order valence-corrected chi connectivity index (χ3v) is 5.23. The van der Waals surface area contributed by atoms with Crippen molar-refractivity contribution in [1.29, 1.82) is 0 Å². The van der Waals surface area contributed by atoms with Crippen LogP contribution < -0.4 is 0 Å². The van der Waals surface area contributed by atoms with Crippen molar-refractivity contribution in [2.24, 2.45) is 7.05 Å². The molecule has 0 radical (unpaired) electrons. The number of esters is 1. The normalized spacial score (nSPS) is 11.9. The van der Waals surface area contributed by atoms with Crippen LogP contribution in [-0.4, -0.2) is 60.0 Å². The van der Waals surface area contributed by atoms with Crippen LogP contribution in [-0.2, 0) is 16.5 Å². The third-order valence-electron chi connectivity index (χ3n) is 5.23. The molecule has 2 aromatic heterocycles. The van der Waals surface area contributed by atoms with Gasteiger partial charge in [-0.2, -0.15) is 0 Å². The molecule has 0 fully saturated rings. The van der Waals surface area contributed by atoms with Crippen molar-refractivity contribution < 1.29 is 28.3 Å². The van der Waals surface area contributed by atoms with E-state index in [1.807, 2.05) is 0 Å². The average molecular weight is 418 g/mol. The number of ketones is 1. The van der Waals surface area contributed by atoms with Gasteiger partial charge in [0.25, 0.3) is 5.91 Å². The molecule has 0 aliphatic rings. The van der Waals surface area contributed by atoms with Crippen LogP contribution in [0.3, 0.4) is 0 Å². The molecule has 164 valence electrons. The summed E-state index contributed by atoms with van der Waals surface area (Å²) >= 11 is 0. The van der Waals surface area contributed by atoms with Gasteiger partial charge in [-0.15, -0.1) is 0 Å². The first-order valence-electron chi connectivity index (χ1n) is 9.96. The summed E-state index contributed by atoms with van der Waals surface area (Å²) in [5.41, 5.74) is 1.97. The van der Waals surface area contributed by atoms with Gasteiger partial charge in [0.2, 0.25) is 0 Å². The van der Waals surface area contributed by atoms with E-state index in [-0.39, 0.29) is 24.1 Å². The number of aromatic nitrogens is 1. The Morgan fingerprint density at radius 2 is 1.97 bits per heavy atom. The third kappa shape index (κ3) is 4.64. The summed E-state index contributed by atoms with van der Waals surface area (Å²) in [5.74, 6) is -0.918. The molecule has 0 aliphatic heterocycles. The first kappa shape index (κ1) is 23.4. The van der Waals surface area contributed by atoms with Crippen LogP contribution in [0.25, 0.3) is 0 Å². The maximum absolute atomic E-state index is 13.5.